The van der Waals surface area contributed by atoms with Crippen LogP contribution < -0.4 is 10.6 Å². The van der Waals surface area contributed by atoms with E-state index in [1.54, 1.807) is 0 Å². The number of hydrogen-bond acceptors (Lipinski definition) is 4. The Labute approximate surface area is 121 Å². The van der Waals surface area contributed by atoms with Crippen LogP contribution in [0.3, 0.4) is 0 Å². The fraction of sp³-hybridized carbons (Fsp3) is 0.867. The van der Waals surface area contributed by atoms with Crippen LogP contribution >= 0.6 is 0 Å². The minimum Gasteiger partial charge on any atom is -0.337 e. The molecule has 0 aromatic carbocycles. The van der Waals surface area contributed by atoms with Gasteiger partial charge in [0, 0.05) is 12.6 Å². The van der Waals surface area contributed by atoms with E-state index < -0.39 is 5.54 Å². The molecule has 1 heterocycles. The van der Waals surface area contributed by atoms with E-state index in [9.17, 15) is 10.1 Å². The number of carbonyl (C=O) groups is 1. The first-order chi connectivity index (χ1) is 9.63. The monoisotopic (exact) mass is 278 g/mol. The van der Waals surface area contributed by atoms with E-state index in [0.717, 1.165) is 38.8 Å². The third-order valence-electron chi connectivity index (χ3n) is 4.41. The smallest absolute Gasteiger partial charge is 0.235 e. The first-order valence-electron chi connectivity index (χ1n) is 7.78. The standard InChI is InChI=1S/C15H26N4O/c1-19(10-13-6-5-9-17-13)11-14(20)18-15(12-16)7-3-2-4-8-15/h13,17H,2-11H2,1H3,(H,18,20). The van der Waals surface area contributed by atoms with Gasteiger partial charge in [-0.05, 0) is 39.3 Å². The van der Waals surface area contributed by atoms with Gasteiger partial charge in [0.2, 0.25) is 5.91 Å². The van der Waals surface area contributed by atoms with Gasteiger partial charge >= 0.3 is 0 Å². The summed E-state index contributed by atoms with van der Waals surface area (Å²) >= 11 is 0. The molecule has 1 unspecified atom stereocenters. The van der Waals surface area contributed by atoms with E-state index in [1.165, 1.54) is 19.3 Å². The Morgan fingerprint density at radius 3 is 2.75 bits per heavy atom. The number of rotatable bonds is 5. The molecule has 2 rings (SSSR count). The summed E-state index contributed by atoms with van der Waals surface area (Å²) < 4.78 is 0. The van der Waals surface area contributed by atoms with Crippen molar-refractivity contribution in [2.45, 2.75) is 56.5 Å². The SMILES string of the molecule is CN(CC(=O)NC1(C#N)CCCCC1)CC1CCCN1. The lowest BCUT2D eigenvalue weighted by atomic mass is 9.83. The summed E-state index contributed by atoms with van der Waals surface area (Å²) in [6.07, 6.45) is 7.25. The first kappa shape index (κ1) is 15.3. The highest BCUT2D eigenvalue weighted by Crippen LogP contribution is 2.27. The fourth-order valence-electron chi connectivity index (χ4n) is 3.32. The lowest BCUT2D eigenvalue weighted by Gasteiger charge is -2.32. The minimum atomic E-state index is -0.609. The molecule has 1 aliphatic heterocycles. The Kier molecular flexibility index (Phi) is 5.38. The van der Waals surface area contributed by atoms with E-state index in [0.29, 0.717) is 12.6 Å². The van der Waals surface area contributed by atoms with Crippen molar-refractivity contribution in [2.75, 3.05) is 26.7 Å². The van der Waals surface area contributed by atoms with Crippen molar-refractivity contribution in [3.8, 4) is 6.07 Å². The molecule has 2 N–H and O–H groups in total. The lowest BCUT2D eigenvalue weighted by Crippen LogP contribution is -2.52. The van der Waals surface area contributed by atoms with Gasteiger partial charge in [0.25, 0.3) is 0 Å². The highest BCUT2D eigenvalue weighted by atomic mass is 16.2. The first-order valence-corrected chi connectivity index (χ1v) is 7.78. The van der Waals surface area contributed by atoms with Crippen LogP contribution in [-0.4, -0.2) is 49.1 Å². The number of likely N-dealkylation sites (N-methyl/N-ethyl adjacent to an activating group) is 1. The van der Waals surface area contributed by atoms with Gasteiger partial charge in [-0.25, -0.2) is 0 Å². The highest BCUT2D eigenvalue weighted by Gasteiger charge is 2.33. The Morgan fingerprint density at radius 1 is 1.40 bits per heavy atom. The Bertz CT molecular complexity index is 365. The topological polar surface area (TPSA) is 68.2 Å². The number of hydrogen-bond donors (Lipinski definition) is 2. The third kappa shape index (κ3) is 4.19. The number of amides is 1. The summed E-state index contributed by atoms with van der Waals surface area (Å²) in [5.41, 5.74) is -0.609. The van der Waals surface area contributed by atoms with Crippen LogP contribution in [0.4, 0.5) is 0 Å². The molecule has 0 radical (unpaired) electrons. The zero-order valence-electron chi connectivity index (χ0n) is 12.5. The van der Waals surface area contributed by atoms with Gasteiger partial charge in [0.05, 0.1) is 12.6 Å². The second-order valence-corrected chi connectivity index (χ2v) is 6.29. The van der Waals surface area contributed by atoms with E-state index in [-0.39, 0.29) is 5.91 Å². The quantitative estimate of drug-likeness (QED) is 0.787. The molecule has 1 aliphatic carbocycles. The molecule has 1 atom stereocenters. The molecule has 5 nitrogen and oxygen atoms in total. The van der Waals surface area contributed by atoms with Gasteiger partial charge in [-0.1, -0.05) is 19.3 Å². The molecule has 112 valence electrons. The van der Waals surface area contributed by atoms with Crippen LogP contribution in [0.2, 0.25) is 0 Å². The molecule has 2 aliphatic rings. The van der Waals surface area contributed by atoms with Gasteiger partial charge in [-0.15, -0.1) is 0 Å². The Morgan fingerprint density at radius 2 is 2.15 bits per heavy atom. The van der Waals surface area contributed by atoms with Crippen molar-refractivity contribution in [3.63, 3.8) is 0 Å². The fourth-order valence-corrected chi connectivity index (χ4v) is 3.32. The number of nitrogens with one attached hydrogen (secondary N) is 2. The van der Waals surface area contributed by atoms with Crippen molar-refractivity contribution in [3.05, 3.63) is 0 Å². The average molecular weight is 278 g/mol. The minimum absolute atomic E-state index is 0.0195. The summed E-state index contributed by atoms with van der Waals surface area (Å²) in [6.45, 7) is 2.36. The average Bonchev–Trinajstić information content (AvgIpc) is 2.92. The summed E-state index contributed by atoms with van der Waals surface area (Å²) in [7, 11) is 1.97. The molecule has 2 fully saturated rings. The van der Waals surface area contributed by atoms with E-state index in [2.05, 4.69) is 16.7 Å². The maximum atomic E-state index is 12.1. The molecule has 20 heavy (non-hydrogen) atoms. The maximum Gasteiger partial charge on any atom is 0.235 e. The maximum absolute atomic E-state index is 12.1. The van der Waals surface area contributed by atoms with Gasteiger partial charge < -0.3 is 10.6 Å². The molecule has 0 aromatic heterocycles. The van der Waals surface area contributed by atoms with Crippen molar-refractivity contribution in [2.24, 2.45) is 0 Å². The van der Waals surface area contributed by atoms with Crippen LogP contribution in [0, 0.1) is 11.3 Å². The Balaban J connectivity index is 1.77. The molecule has 0 spiro atoms. The largest absolute Gasteiger partial charge is 0.337 e. The van der Waals surface area contributed by atoms with E-state index in [4.69, 9.17) is 0 Å². The second-order valence-electron chi connectivity index (χ2n) is 6.29. The third-order valence-corrected chi connectivity index (χ3v) is 4.41. The van der Waals surface area contributed by atoms with E-state index in [1.807, 2.05) is 11.9 Å². The molecule has 0 bridgehead atoms. The zero-order chi connectivity index (χ0) is 14.4. The predicted octanol–water partition coefficient (Wildman–Crippen LogP) is 1.01. The van der Waals surface area contributed by atoms with Crippen LogP contribution in [0.25, 0.3) is 0 Å². The Hall–Kier alpha value is -1.12. The van der Waals surface area contributed by atoms with Gasteiger partial charge in [0.15, 0.2) is 0 Å². The molecule has 0 aromatic rings. The highest BCUT2D eigenvalue weighted by molar-refractivity contribution is 5.79. The molecule has 1 saturated carbocycles. The van der Waals surface area contributed by atoms with Gasteiger partial charge in [0.1, 0.15) is 5.54 Å². The van der Waals surface area contributed by atoms with Crippen molar-refractivity contribution < 1.29 is 4.79 Å². The van der Waals surface area contributed by atoms with Crippen LogP contribution in [-0.2, 0) is 4.79 Å². The van der Waals surface area contributed by atoms with Crippen molar-refractivity contribution in [1.82, 2.24) is 15.5 Å². The normalized spacial score (nSPS) is 25.4. The van der Waals surface area contributed by atoms with Crippen molar-refractivity contribution in [1.29, 1.82) is 5.26 Å². The van der Waals surface area contributed by atoms with Gasteiger partial charge in [-0.3, -0.25) is 9.69 Å². The molecule has 1 amide bonds. The summed E-state index contributed by atoms with van der Waals surface area (Å²) in [4.78, 5) is 14.2. The molecular formula is C15H26N4O. The predicted molar refractivity (Wildman–Crippen MR) is 78.1 cm³/mol. The van der Waals surface area contributed by atoms with Gasteiger partial charge in [-0.2, -0.15) is 5.26 Å². The lowest BCUT2D eigenvalue weighted by molar-refractivity contribution is -0.123. The summed E-state index contributed by atoms with van der Waals surface area (Å²) in [5, 5.41) is 15.8. The summed E-state index contributed by atoms with van der Waals surface area (Å²) in [5.74, 6) is -0.0195. The number of nitrogens with zero attached hydrogens (tertiary/aromatic N) is 2. The molecule has 1 saturated heterocycles. The van der Waals surface area contributed by atoms with Crippen LogP contribution in [0.1, 0.15) is 44.9 Å². The molecular weight excluding hydrogens is 252 g/mol. The van der Waals surface area contributed by atoms with Crippen LogP contribution in [0.5, 0.6) is 0 Å². The van der Waals surface area contributed by atoms with E-state index >= 15 is 0 Å². The molecule has 5 heteroatoms. The zero-order valence-corrected chi connectivity index (χ0v) is 12.5. The number of carbonyl (C=O) groups excluding carboxylic acids is 1. The summed E-state index contributed by atoms with van der Waals surface area (Å²) in [6, 6.07) is 2.84. The number of nitriles is 1. The van der Waals surface area contributed by atoms with Crippen molar-refractivity contribution >= 4 is 5.91 Å². The van der Waals surface area contributed by atoms with Crippen LogP contribution in [0.15, 0.2) is 0 Å². The second kappa shape index (κ2) is 7.05.